The van der Waals surface area contributed by atoms with E-state index < -0.39 is 11.7 Å². The fourth-order valence-corrected chi connectivity index (χ4v) is 0.589. The van der Waals surface area contributed by atoms with Crippen molar-refractivity contribution in [1.82, 2.24) is 5.32 Å². The van der Waals surface area contributed by atoms with Crippen molar-refractivity contribution in [2.45, 2.75) is 26.4 Å². The number of hydrogen-bond donors (Lipinski definition) is 2. The predicted molar refractivity (Wildman–Crippen MR) is 50.0 cm³/mol. The average molecular weight is 200 g/mol. The van der Waals surface area contributed by atoms with Gasteiger partial charge in [0, 0.05) is 0 Å². The molecule has 0 aromatic carbocycles. The summed E-state index contributed by atoms with van der Waals surface area (Å²) in [6.45, 7) is 5.04. The smallest absolute Gasteiger partial charge is 0.408 e. The molecule has 0 fully saturated rings. The van der Waals surface area contributed by atoms with Crippen LogP contribution in [0, 0.1) is 5.39 Å². The first kappa shape index (κ1) is 12.2. The minimum Gasteiger partial charge on any atom is -0.504 e. The Labute approximate surface area is 82.2 Å². The molecule has 0 aliphatic carbocycles. The van der Waals surface area contributed by atoms with E-state index in [1.54, 1.807) is 20.8 Å². The molecule has 0 aliphatic rings. The van der Waals surface area contributed by atoms with Crippen molar-refractivity contribution in [2.24, 2.45) is 0 Å². The molecule has 0 rings (SSSR count). The highest BCUT2D eigenvalue weighted by atomic mass is 16.6. The average Bonchev–Trinajstić information content (AvgIpc) is 1.98. The van der Waals surface area contributed by atoms with Crippen LogP contribution < -0.4 is 5.32 Å². The Hall–Kier alpha value is -1.77. The summed E-state index contributed by atoms with van der Waals surface area (Å²) in [6.07, 6.45) is 0.174. The van der Waals surface area contributed by atoms with Crippen molar-refractivity contribution in [1.29, 1.82) is 5.39 Å². The first-order valence-corrected chi connectivity index (χ1v) is 4.04. The number of rotatable bonds is 2. The Bertz CT molecular complexity index is 273. The first-order chi connectivity index (χ1) is 6.35. The highest BCUT2D eigenvalue weighted by Gasteiger charge is 2.16. The van der Waals surface area contributed by atoms with Gasteiger partial charge in [0.2, 0.25) is 5.39 Å². The van der Waals surface area contributed by atoms with Gasteiger partial charge in [0.1, 0.15) is 5.60 Å². The summed E-state index contributed by atoms with van der Waals surface area (Å²) in [5.74, 6) is -0.265. The standard InChI is InChI=1S/C8H13N3O3/c1-8(2,3)14-7(13)10-4-6(12)5-11-9/h5H,4H2,1-3H3,(H-,10,12,13)/p+1/b6-5+. The van der Waals surface area contributed by atoms with E-state index in [1.165, 1.54) is 0 Å². The summed E-state index contributed by atoms with van der Waals surface area (Å²) in [4.78, 5) is 13.6. The number of aliphatic hydroxyl groups is 1. The fourth-order valence-electron chi connectivity index (χ4n) is 0.589. The van der Waals surface area contributed by atoms with Crippen LogP contribution in [0.4, 0.5) is 4.79 Å². The maximum atomic E-state index is 11.0. The van der Waals surface area contributed by atoms with Crippen LogP contribution in [0.1, 0.15) is 20.8 Å². The molecule has 6 nitrogen and oxygen atoms in total. The number of carbonyl (C=O) groups is 1. The van der Waals surface area contributed by atoms with Gasteiger partial charge in [0.15, 0.2) is 10.7 Å². The fraction of sp³-hybridized carbons (Fsp3) is 0.625. The van der Waals surface area contributed by atoms with Crippen LogP contribution in [0.5, 0.6) is 0 Å². The lowest BCUT2D eigenvalue weighted by Gasteiger charge is -2.19. The molecule has 0 unspecified atom stereocenters. The molecule has 0 bridgehead atoms. The van der Waals surface area contributed by atoms with E-state index in [4.69, 9.17) is 15.2 Å². The second-order valence-electron chi connectivity index (χ2n) is 3.59. The number of alkyl carbamates (subject to hydrolysis) is 1. The third-order valence-corrected chi connectivity index (χ3v) is 1.02. The first-order valence-electron chi connectivity index (χ1n) is 4.04. The number of ether oxygens (including phenoxy) is 1. The lowest BCUT2D eigenvalue weighted by atomic mass is 10.2. The minimum atomic E-state index is -0.643. The van der Waals surface area contributed by atoms with E-state index in [9.17, 15) is 4.79 Å². The van der Waals surface area contributed by atoms with Gasteiger partial charge >= 0.3 is 12.3 Å². The van der Waals surface area contributed by atoms with Gasteiger partial charge in [-0.3, -0.25) is 0 Å². The van der Waals surface area contributed by atoms with Crippen molar-refractivity contribution >= 4 is 6.09 Å². The van der Waals surface area contributed by atoms with Gasteiger partial charge in [0.25, 0.3) is 0 Å². The number of diazo groups is 1. The monoisotopic (exact) mass is 200 g/mol. The predicted octanol–water partition coefficient (Wildman–Crippen LogP) is 1.76. The summed E-state index contributed by atoms with van der Waals surface area (Å²) in [6, 6.07) is 0. The molecule has 14 heavy (non-hydrogen) atoms. The number of aliphatic hydroxyl groups excluding tert-OH is 1. The van der Waals surface area contributed by atoms with Gasteiger partial charge in [-0.1, -0.05) is 0 Å². The lowest BCUT2D eigenvalue weighted by molar-refractivity contribution is 0.0527. The third kappa shape index (κ3) is 6.91. The molecular formula is C8H14N3O3+. The van der Waals surface area contributed by atoms with Crippen LogP contribution in [0.25, 0.3) is 4.98 Å². The van der Waals surface area contributed by atoms with Crippen LogP contribution >= 0.6 is 0 Å². The Morgan fingerprint density at radius 2 is 2.21 bits per heavy atom. The van der Waals surface area contributed by atoms with E-state index >= 15 is 0 Å². The van der Waals surface area contributed by atoms with Crippen LogP contribution in [0.15, 0.2) is 12.0 Å². The molecule has 0 aromatic rings. The number of nitrogens with zero attached hydrogens (tertiary/aromatic N) is 2. The summed E-state index contributed by atoms with van der Waals surface area (Å²) in [7, 11) is 0. The van der Waals surface area contributed by atoms with Crippen LogP contribution in [0.3, 0.4) is 0 Å². The van der Waals surface area contributed by atoms with Crippen LogP contribution in [0.2, 0.25) is 0 Å². The molecule has 0 heterocycles. The van der Waals surface area contributed by atoms with E-state index in [-0.39, 0.29) is 12.3 Å². The summed E-state index contributed by atoms with van der Waals surface area (Å²) < 4.78 is 4.88. The summed E-state index contributed by atoms with van der Waals surface area (Å²) >= 11 is 0. The van der Waals surface area contributed by atoms with Crippen molar-refractivity contribution in [3.05, 3.63) is 16.9 Å². The number of hydrogen-bond acceptors (Lipinski definition) is 4. The molecule has 0 aliphatic heterocycles. The topological polar surface area (TPSA) is 86.7 Å². The number of carbonyl (C=O) groups excluding carboxylic acids is 1. The zero-order valence-electron chi connectivity index (χ0n) is 8.44. The number of nitrogens with one attached hydrogen (secondary N) is 1. The molecule has 0 spiro atoms. The van der Waals surface area contributed by atoms with E-state index in [1.807, 2.05) is 0 Å². The van der Waals surface area contributed by atoms with Gasteiger partial charge < -0.3 is 15.2 Å². The van der Waals surface area contributed by atoms with Gasteiger partial charge in [-0.2, -0.15) is 0 Å². The van der Waals surface area contributed by atoms with Gasteiger partial charge in [-0.15, -0.1) is 0 Å². The Kier molecular flexibility index (Phi) is 4.43. The minimum absolute atomic E-state index is 0.140. The maximum absolute atomic E-state index is 11.0. The molecule has 78 valence electrons. The molecule has 0 aromatic heterocycles. The zero-order chi connectivity index (χ0) is 11.2. The molecule has 0 saturated carbocycles. The van der Waals surface area contributed by atoms with Crippen molar-refractivity contribution in [3.63, 3.8) is 0 Å². The molecule has 0 saturated heterocycles. The Morgan fingerprint density at radius 1 is 1.64 bits per heavy atom. The van der Waals surface area contributed by atoms with E-state index in [0.29, 0.717) is 0 Å². The second-order valence-corrected chi connectivity index (χ2v) is 3.59. The highest BCUT2D eigenvalue weighted by molar-refractivity contribution is 5.67. The molecule has 0 atom stereocenters. The molecule has 6 heteroatoms. The Balaban J connectivity index is 3.88. The van der Waals surface area contributed by atoms with Gasteiger partial charge in [0.05, 0.1) is 6.54 Å². The van der Waals surface area contributed by atoms with Gasteiger partial charge in [-0.25, -0.2) is 4.79 Å². The molecule has 2 N–H and O–H groups in total. The SMILES string of the molecule is CC(C)(C)OC(=O)NC/C(O)=C\[N+]#N. The van der Waals surface area contributed by atoms with Gasteiger partial charge in [-0.05, 0) is 20.8 Å². The van der Waals surface area contributed by atoms with E-state index in [0.717, 1.165) is 6.20 Å². The summed E-state index contributed by atoms with van der Waals surface area (Å²) in [5.41, 5.74) is -0.579. The Morgan fingerprint density at radius 3 is 2.64 bits per heavy atom. The molecule has 0 radical (unpaired) electrons. The molecule has 1 amide bonds. The maximum Gasteiger partial charge on any atom is 0.408 e. The summed E-state index contributed by atoms with van der Waals surface area (Å²) in [5, 5.41) is 19.2. The third-order valence-electron chi connectivity index (χ3n) is 1.02. The van der Waals surface area contributed by atoms with Crippen LogP contribution in [-0.4, -0.2) is 23.3 Å². The quantitative estimate of drug-likeness (QED) is 0.525. The number of amides is 1. The van der Waals surface area contributed by atoms with Crippen molar-refractivity contribution in [2.75, 3.05) is 6.54 Å². The normalized spacial score (nSPS) is 11.7. The van der Waals surface area contributed by atoms with Crippen LogP contribution in [-0.2, 0) is 4.74 Å². The lowest BCUT2D eigenvalue weighted by Crippen LogP contribution is -2.33. The molecular weight excluding hydrogens is 186 g/mol. The largest absolute Gasteiger partial charge is 0.504 e. The van der Waals surface area contributed by atoms with E-state index in [2.05, 4.69) is 10.3 Å². The second kappa shape index (κ2) is 5.07. The van der Waals surface area contributed by atoms with Crippen molar-refractivity contribution < 1.29 is 14.6 Å². The van der Waals surface area contributed by atoms with Crippen molar-refractivity contribution in [3.8, 4) is 0 Å². The highest BCUT2D eigenvalue weighted by Crippen LogP contribution is 2.06. The zero-order valence-corrected chi connectivity index (χ0v) is 8.44.